The molecule has 1 unspecified atom stereocenters. The van der Waals surface area contributed by atoms with Crippen molar-refractivity contribution in [3.8, 4) is 0 Å². The van der Waals surface area contributed by atoms with Crippen LogP contribution in [0.4, 0.5) is 4.39 Å². The molecule has 0 aliphatic rings. The smallest absolute Gasteiger partial charge is 0.136 e. The van der Waals surface area contributed by atoms with Crippen LogP contribution in [0, 0.1) is 5.82 Å². The highest BCUT2D eigenvalue weighted by Crippen LogP contribution is 2.23. The minimum Gasteiger partial charge on any atom is -0.299 e. The van der Waals surface area contributed by atoms with Gasteiger partial charge in [0.05, 0.1) is 0 Å². The zero-order chi connectivity index (χ0) is 14.4. The van der Waals surface area contributed by atoms with E-state index < -0.39 is 0 Å². The molecule has 4 heteroatoms. The van der Waals surface area contributed by atoms with E-state index in [-0.39, 0.29) is 5.82 Å². The number of pyridine rings is 1. The highest BCUT2D eigenvalue weighted by Gasteiger charge is 2.11. The number of aromatic nitrogens is 1. The zero-order valence-electron chi connectivity index (χ0n) is 11.8. The van der Waals surface area contributed by atoms with Gasteiger partial charge in [-0.15, -0.1) is 11.8 Å². The standard InChI is InChI=1S/C16H19FN2S/c1-13(14-6-5-9-18-12-14)19(2)10-11-20-16-8-4-3-7-15(16)17/h3-9,12-13H,10-11H2,1-2H3. The SMILES string of the molecule is CC(c1cccnc1)N(C)CCSc1ccccc1F. The van der Waals surface area contributed by atoms with E-state index in [2.05, 4.69) is 29.9 Å². The van der Waals surface area contributed by atoms with Crippen molar-refractivity contribution < 1.29 is 4.39 Å². The molecular formula is C16H19FN2S. The summed E-state index contributed by atoms with van der Waals surface area (Å²) in [5.41, 5.74) is 1.20. The number of thioether (sulfide) groups is 1. The van der Waals surface area contributed by atoms with Gasteiger partial charge in [-0.05, 0) is 37.7 Å². The van der Waals surface area contributed by atoms with Crippen LogP contribution in [0.1, 0.15) is 18.5 Å². The van der Waals surface area contributed by atoms with Crippen molar-refractivity contribution in [2.24, 2.45) is 0 Å². The summed E-state index contributed by atoms with van der Waals surface area (Å²) in [6.45, 7) is 3.06. The van der Waals surface area contributed by atoms with Crippen molar-refractivity contribution in [1.29, 1.82) is 0 Å². The molecule has 1 aromatic carbocycles. The lowest BCUT2D eigenvalue weighted by Gasteiger charge is -2.24. The lowest BCUT2D eigenvalue weighted by molar-refractivity contribution is 0.277. The maximum Gasteiger partial charge on any atom is 0.136 e. The number of hydrogen-bond donors (Lipinski definition) is 0. The Labute approximate surface area is 124 Å². The fourth-order valence-corrected chi connectivity index (χ4v) is 2.91. The van der Waals surface area contributed by atoms with Crippen molar-refractivity contribution in [2.45, 2.75) is 17.9 Å². The number of nitrogens with zero attached hydrogens (tertiary/aromatic N) is 2. The number of rotatable bonds is 6. The molecule has 20 heavy (non-hydrogen) atoms. The molecule has 0 bridgehead atoms. The van der Waals surface area contributed by atoms with Gasteiger partial charge in [-0.2, -0.15) is 0 Å². The number of benzene rings is 1. The van der Waals surface area contributed by atoms with Gasteiger partial charge in [0, 0.05) is 35.6 Å². The van der Waals surface area contributed by atoms with Crippen LogP contribution in [0.25, 0.3) is 0 Å². The normalized spacial score (nSPS) is 12.6. The maximum atomic E-state index is 13.5. The van der Waals surface area contributed by atoms with Crippen LogP contribution in [0.3, 0.4) is 0 Å². The van der Waals surface area contributed by atoms with E-state index in [1.54, 1.807) is 24.0 Å². The van der Waals surface area contributed by atoms with Crippen LogP contribution < -0.4 is 0 Å². The molecule has 0 N–H and O–H groups in total. The Morgan fingerprint density at radius 1 is 1.25 bits per heavy atom. The first-order valence-corrected chi connectivity index (χ1v) is 7.64. The Balaban J connectivity index is 1.84. The van der Waals surface area contributed by atoms with E-state index in [1.807, 2.05) is 24.4 Å². The molecule has 0 saturated carbocycles. The minimum absolute atomic E-state index is 0.138. The summed E-state index contributed by atoms with van der Waals surface area (Å²) in [7, 11) is 2.08. The molecule has 0 aliphatic carbocycles. The van der Waals surface area contributed by atoms with Crippen molar-refractivity contribution >= 4 is 11.8 Å². The predicted molar refractivity (Wildman–Crippen MR) is 82.4 cm³/mol. The van der Waals surface area contributed by atoms with E-state index >= 15 is 0 Å². The summed E-state index contributed by atoms with van der Waals surface area (Å²) in [6.07, 6.45) is 3.68. The van der Waals surface area contributed by atoms with Gasteiger partial charge in [0.2, 0.25) is 0 Å². The molecule has 2 aromatic rings. The second-order valence-corrected chi connectivity index (χ2v) is 5.86. The zero-order valence-corrected chi connectivity index (χ0v) is 12.6. The monoisotopic (exact) mass is 290 g/mol. The van der Waals surface area contributed by atoms with Gasteiger partial charge in [0.15, 0.2) is 0 Å². The molecule has 0 aliphatic heterocycles. The van der Waals surface area contributed by atoms with Crippen molar-refractivity contribution in [3.63, 3.8) is 0 Å². The highest BCUT2D eigenvalue weighted by molar-refractivity contribution is 7.99. The minimum atomic E-state index is -0.138. The van der Waals surface area contributed by atoms with Gasteiger partial charge < -0.3 is 0 Å². The molecule has 1 heterocycles. The van der Waals surface area contributed by atoms with Crippen LogP contribution in [-0.2, 0) is 0 Å². The first-order chi connectivity index (χ1) is 9.68. The third kappa shape index (κ3) is 4.05. The molecule has 0 fully saturated rings. The van der Waals surface area contributed by atoms with Crippen LogP contribution in [-0.4, -0.2) is 29.2 Å². The lowest BCUT2D eigenvalue weighted by Crippen LogP contribution is -2.25. The van der Waals surface area contributed by atoms with E-state index in [1.165, 1.54) is 11.6 Å². The van der Waals surface area contributed by atoms with Crippen molar-refractivity contribution in [1.82, 2.24) is 9.88 Å². The predicted octanol–water partition coefficient (Wildman–Crippen LogP) is 4.01. The van der Waals surface area contributed by atoms with Crippen LogP contribution in [0.15, 0.2) is 53.7 Å². The number of halogens is 1. The molecule has 106 valence electrons. The topological polar surface area (TPSA) is 16.1 Å². The Morgan fingerprint density at radius 3 is 2.75 bits per heavy atom. The summed E-state index contributed by atoms with van der Waals surface area (Å²) in [5, 5.41) is 0. The molecule has 1 atom stereocenters. The summed E-state index contributed by atoms with van der Waals surface area (Å²) in [6, 6.07) is 11.3. The highest BCUT2D eigenvalue weighted by atomic mass is 32.2. The summed E-state index contributed by atoms with van der Waals surface area (Å²) < 4.78 is 13.5. The molecular weight excluding hydrogens is 271 g/mol. The summed E-state index contributed by atoms with van der Waals surface area (Å²) in [5.74, 6) is 0.725. The van der Waals surface area contributed by atoms with E-state index in [9.17, 15) is 4.39 Å². The number of hydrogen-bond acceptors (Lipinski definition) is 3. The van der Waals surface area contributed by atoms with Crippen LogP contribution in [0.2, 0.25) is 0 Å². The second-order valence-electron chi connectivity index (χ2n) is 4.72. The first kappa shape index (κ1) is 15.0. The molecule has 0 spiro atoms. The van der Waals surface area contributed by atoms with Crippen LogP contribution in [0.5, 0.6) is 0 Å². The lowest BCUT2D eigenvalue weighted by atomic mass is 10.1. The van der Waals surface area contributed by atoms with Gasteiger partial charge in [-0.1, -0.05) is 18.2 Å². The average Bonchev–Trinajstić information content (AvgIpc) is 2.49. The second kappa shape index (κ2) is 7.41. The molecule has 1 aromatic heterocycles. The fourth-order valence-electron chi connectivity index (χ4n) is 1.93. The summed E-state index contributed by atoms with van der Waals surface area (Å²) >= 11 is 1.56. The third-order valence-corrected chi connectivity index (χ3v) is 4.39. The van der Waals surface area contributed by atoms with E-state index in [4.69, 9.17) is 0 Å². The van der Waals surface area contributed by atoms with Gasteiger partial charge in [0.25, 0.3) is 0 Å². The molecule has 0 saturated heterocycles. The molecule has 2 nitrogen and oxygen atoms in total. The quantitative estimate of drug-likeness (QED) is 0.748. The summed E-state index contributed by atoms with van der Waals surface area (Å²) in [4.78, 5) is 7.12. The van der Waals surface area contributed by atoms with Gasteiger partial charge in [-0.3, -0.25) is 9.88 Å². The van der Waals surface area contributed by atoms with Crippen molar-refractivity contribution in [2.75, 3.05) is 19.3 Å². The third-order valence-electron chi connectivity index (χ3n) is 3.37. The maximum absolute atomic E-state index is 13.5. The Hall–Kier alpha value is -1.39. The average molecular weight is 290 g/mol. The van der Waals surface area contributed by atoms with Crippen LogP contribution >= 0.6 is 11.8 Å². The molecule has 0 amide bonds. The molecule has 2 rings (SSSR count). The Morgan fingerprint density at radius 2 is 2.05 bits per heavy atom. The van der Waals surface area contributed by atoms with Gasteiger partial charge in [0.1, 0.15) is 5.82 Å². The van der Waals surface area contributed by atoms with Gasteiger partial charge >= 0.3 is 0 Å². The molecule has 0 radical (unpaired) electrons. The largest absolute Gasteiger partial charge is 0.299 e. The first-order valence-electron chi connectivity index (χ1n) is 6.66. The van der Waals surface area contributed by atoms with E-state index in [0.717, 1.165) is 17.2 Å². The fraction of sp³-hybridized carbons (Fsp3) is 0.312. The van der Waals surface area contributed by atoms with Crippen molar-refractivity contribution in [3.05, 3.63) is 60.2 Å². The Bertz CT molecular complexity index is 533. The van der Waals surface area contributed by atoms with Gasteiger partial charge in [-0.25, -0.2) is 4.39 Å². The Kier molecular flexibility index (Phi) is 5.56. The van der Waals surface area contributed by atoms with E-state index in [0.29, 0.717) is 6.04 Å².